The fraction of sp³-hybridized carbons (Fsp3) is 0.929. The van der Waals surface area contributed by atoms with Gasteiger partial charge in [-0.2, -0.15) is 0 Å². The zero-order valence-electron chi connectivity index (χ0n) is 11.0. The summed E-state index contributed by atoms with van der Waals surface area (Å²) in [7, 11) is 0. The molecule has 2 N–H and O–H groups in total. The minimum atomic E-state index is 0.274. The molecule has 0 bridgehead atoms. The van der Waals surface area contributed by atoms with Gasteiger partial charge in [0, 0.05) is 13.0 Å². The normalized spacial score (nSPS) is 30.4. The molecule has 2 rings (SSSR count). The minimum Gasteiger partial charge on any atom is -0.356 e. The van der Waals surface area contributed by atoms with Crippen LogP contribution in [0.5, 0.6) is 0 Å². The average Bonchev–Trinajstić information content (AvgIpc) is 2.74. The van der Waals surface area contributed by atoms with Crippen molar-refractivity contribution in [2.45, 2.75) is 45.4 Å². The molecule has 2 aliphatic rings. The summed E-state index contributed by atoms with van der Waals surface area (Å²) in [6.07, 6.45) is 7.00. The molecule has 1 aliphatic carbocycles. The van der Waals surface area contributed by atoms with Crippen LogP contribution in [0.3, 0.4) is 0 Å². The summed E-state index contributed by atoms with van der Waals surface area (Å²) in [5.41, 5.74) is 0. The average molecular weight is 238 g/mol. The number of hydrogen-bond donors (Lipinski definition) is 2. The molecule has 2 unspecified atom stereocenters. The lowest BCUT2D eigenvalue weighted by atomic mass is 9.94. The van der Waals surface area contributed by atoms with Gasteiger partial charge in [0.2, 0.25) is 5.91 Å². The third-order valence-corrected chi connectivity index (χ3v) is 4.32. The van der Waals surface area contributed by atoms with E-state index in [2.05, 4.69) is 17.6 Å². The van der Waals surface area contributed by atoms with Gasteiger partial charge in [-0.25, -0.2) is 0 Å². The van der Waals surface area contributed by atoms with Crippen molar-refractivity contribution >= 4 is 5.91 Å². The zero-order chi connectivity index (χ0) is 12.1. The molecule has 1 heterocycles. The van der Waals surface area contributed by atoms with E-state index in [4.69, 9.17) is 0 Å². The molecule has 0 spiro atoms. The Bertz CT molecular complexity index is 249. The van der Waals surface area contributed by atoms with Gasteiger partial charge in [0.05, 0.1) is 0 Å². The van der Waals surface area contributed by atoms with Gasteiger partial charge in [-0.1, -0.05) is 13.3 Å². The third-order valence-electron chi connectivity index (χ3n) is 4.32. The summed E-state index contributed by atoms with van der Waals surface area (Å²) >= 11 is 0. The number of piperidine rings is 1. The van der Waals surface area contributed by atoms with Crippen LogP contribution in [-0.2, 0) is 4.79 Å². The lowest BCUT2D eigenvalue weighted by Crippen LogP contribution is -2.33. The second kappa shape index (κ2) is 6.39. The van der Waals surface area contributed by atoms with E-state index < -0.39 is 0 Å². The highest BCUT2D eigenvalue weighted by atomic mass is 16.1. The Balaban J connectivity index is 1.60. The summed E-state index contributed by atoms with van der Waals surface area (Å²) < 4.78 is 0. The Kier molecular flexibility index (Phi) is 4.84. The first-order chi connectivity index (χ1) is 8.24. The van der Waals surface area contributed by atoms with E-state index in [1.807, 2.05) is 0 Å². The van der Waals surface area contributed by atoms with E-state index in [-0.39, 0.29) is 5.91 Å². The van der Waals surface area contributed by atoms with Crippen molar-refractivity contribution in [3.8, 4) is 0 Å². The standard InChI is InChI=1S/C14H26N2O/c1-11-2-3-13(8-11)10-16-14(17)9-12-4-6-15-7-5-12/h11-13,15H,2-10H2,1H3,(H,16,17). The van der Waals surface area contributed by atoms with Gasteiger partial charge in [-0.3, -0.25) is 4.79 Å². The fourth-order valence-electron chi connectivity index (χ4n) is 3.19. The Morgan fingerprint density at radius 2 is 1.94 bits per heavy atom. The number of hydrogen-bond acceptors (Lipinski definition) is 2. The van der Waals surface area contributed by atoms with Crippen molar-refractivity contribution in [3.63, 3.8) is 0 Å². The summed E-state index contributed by atoms with van der Waals surface area (Å²) in [5, 5.41) is 6.47. The Labute approximate surface area is 105 Å². The third kappa shape index (κ3) is 4.30. The number of carbonyl (C=O) groups excluding carboxylic acids is 1. The highest BCUT2D eigenvalue weighted by Crippen LogP contribution is 2.29. The van der Waals surface area contributed by atoms with Crippen LogP contribution in [0, 0.1) is 17.8 Å². The van der Waals surface area contributed by atoms with E-state index in [0.29, 0.717) is 5.92 Å². The zero-order valence-corrected chi connectivity index (χ0v) is 11.0. The first kappa shape index (κ1) is 12.9. The van der Waals surface area contributed by atoms with E-state index in [1.54, 1.807) is 0 Å². The molecule has 1 saturated heterocycles. The van der Waals surface area contributed by atoms with Gasteiger partial charge >= 0.3 is 0 Å². The van der Waals surface area contributed by atoms with Crippen LogP contribution >= 0.6 is 0 Å². The molecular weight excluding hydrogens is 212 g/mol. The SMILES string of the molecule is CC1CCC(CNC(=O)CC2CCNCC2)C1. The van der Waals surface area contributed by atoms with Crippen molar-refractivity contribution in [1.82, 2.24) is 10.6 Å². The first-order valence-electron chi connectivity index (χ1n) is 7.21. The molecule has 3 nitrogen and oxygen atoms in total. The summed E-state index contributed by atoms with van der Waals surface area (Å²) in [6, 6.07) is 0. The maximum atomic E-state index is 11.8. The van der Waals surface area contributed by atoms with Gasteiger partial charge in [-0.15, -0.1) is 0 Å². The van der Waals surface area contributed by atoms with Crippen LogP contribution in [-0.4, -0.2) is 25.5 Å². The van der Waals surface area contributed by atoms with E-state index in [1.165, 1.54) is 19.3 Å². The molecule has 17 heavy (non-hydrogen) atoms. The van der Waals surface area contributed by atoms with Gasteiger partial charge in [0.25, 0.3) is 0 Å². The Hall–Kier alpha value is -0.570. The van der Waals surface area contributed by atoms with Gasteiger partial charge in [0.1, 0.15) is 0 Å². The molecule has 0 aromatic rings. The van der Waals surface area contributed by atoms with Crippen LogP contribution in [0.25, 0.3) is 0 Å². The molecule has 0 aromatic carbocycles. The topological polar surface area (TPSA) is 41.1 Å². The van der Waals surface area contributed by atoms with E-state index in [0.717, 1.165) is 50.7 Å². The lowest BCUT2D eigenvalue weighted by Gasteiger charge is -2.22. The van der Waals surface area contributed by atoms with E-state index in [9.17, 15) is 4.79 Å². The maximum Gasteiger partial charge on any atom is 0.220 e. The highest BCUT2D eigenvalue weighted by molar-refractivity contribution is 5.76. The van der Waals surface area contributed by atoms with Crippen molar-refractivity contribution < 1.29 is 4.79 Å². The number of rotatable bonds is 4. The second-order valence-electron chi connectivity index (χ2n) is 5.99. The second-order valence-corrected chi connectivity index (χ2v) is 5.99. The summed E-state index contributed by atoms with van der Waals surface area (Å²) in [4.78, 5) is 11.8. The molecule has 0 radical (unpaired) electrons. The maximum absolute atomic E-state index is 11.8. The molecule has 1 amide bonds. The molecule has 2 fully saturated rings. The van der Waals surface area contributed by atoms with Crippen LogP contribution in [0.1, 0.15) is 45.4 Å². The van der Waals surface area contributed by atoms with Crippen LogP contribution < -0.4 is 10.6 Å². The monoisotopic (exact) mass is 238 g/mol. The molecule has 2 atom stereocenters. The largest absolute Gasteiger partial charge is 0.356 e. The van der Waals surface area contributed by atoms with Gasteiger partial charge < -0.3 is 10.6 Å². The minimum absolute atomic E-state index is 0.274. The van der Waals surface area contributed by atoms with Gasteiger partial charge in [0.15, 0.2) is 0 Å². The van der Waals surface area contributed by atoms with Crippen LogP contribution in [0.15, 0.2) is 0 Å². The summed E-state index contributed by atoms with van der Waals surface area (Å²) in [5.74, 6) is 2.48. The van der Waals surface area contributed by atoms with Crippen molar-refractivity contribution in [2.75, 3.05) is 19.6 Å². The molecular formula is C14H26N2O. The van der Waals surface area contributed by atoms with Gasteiger partial charge in [-0.05, 0) is 56.5 Å². The number of amides is 1. The first-order valence-corrected chi connectivity index (χ1v) is 7.21. The van der Waals surface area contributed by atoms with Crippen molar-refractivity contribution in [1.29, 1.82) is 0 Å². The quantitative estimate of drug-likeness (QED) is 0.786. The molecule has 98 valence electrons. The smallest absolute Gasteiger partial charge is 0.220 e. The summed E-state index contributed by atoms with van der Waals surface area (Å²) in [6.45, 7) is 5.39. The van der Waals surface area contributed by atoms with Crippen LogP contribution in [0.2, 0.25) is 0 Å². The van der Waals surface area contributed by atoms with Crippen LogP contribution in [0.4, 0.5) is 0 Å². The predicted molar refractivity (Wildman–Crippen MR) is 69.7 cm³/mol. The van der Waals surface area contributed by atoms with Crippen molar-refractivity contribution in [2.24, 2.45) is 17.8 Å². The fourth-order valence-corrected chi connectivity index (χ4v) is 3.19. The molecule has 3 heteroatoms. The lowest BCUT2D eigenvalue weighted by molar-refractivity contribution is -0.122. The van der Waals surface area contributed by atoms with E-state index >= 15 is 0 Å². The van der Waals surface area contributed by atoms with Crippen molar-refractivity contribution in [3.05, 3.63) is 0 Å². The molecule has 1 saturated carbocycles. The number of carbonyl (C=O) groups is 1. The molecule has 1 aliphatic heterocycles. The highest BCUT2D eigenvalue weighted by Gasteiger charge is 2.22. The number of nitrogens with one attached hydrogen (secondary N) is 2. The Morgan fingerprint density at radius 1 is 1.18 bits per heavy atom. The predicted octanol–water partition coefficient (Wildman–Crippen LogP) is 1.93. The Morgan fingerprint density at radius 3 is 2.59 bits per heavy atom. The molecule has 0 aromatic heterocycles.